The van der Waals surface area contributed by atoms with Crippen LogP contribution < -0.4 is 5.32 Å². The molecule has 0 aliphatic rings. The van der Waals surface area contributed by atoms with E-state index in [1.807, 2.05) is 34.9 Å². The number of carbonyl (C=O) groups is 1. The topological polar surface area (TPSA) is 59.8 Å². The van der Waals surface area contributed by atoms with Gasteiger partial charge in [0.25, 0.3) is 0 Å². The average molecular weight is 381 g/mol. The Morgan fingerprint density at radius 2 is 1.89 bits per heavy atom. The summed E-state index contributed by atoms with van der Waals surface area (Å²) in [5.74, 6) is 0.351. The molecule has 140 valence electrons. The molecule has 6 heteroatoms. The first-order valence-corrected chi connectivity index (χ1v) is 10.2. The summed E-state index contributed by atoms with van der Waals surface area (Å²) in [5.41, 5.74) is 3.59. The summed E-state index contributed by atoms with van der Waals surface area (Å²) >= 11 is 1.41. The van der Waals surface area contributed by atoms with Crippen LogP contribution in [0.2, 0.25) is 0 Å². The Morgan fingerprint density at radius 3 is 2.70 bits per heavy atom. The van der Waals surface area contributed by atoms with Gasteiger partial charge in [0.2, 0.25) is 5.91 Å². The van der Waals surface area contributed by atoms with E-state index in [-0.39, 0.29) is 5.91 Å². The summed E-state index contributed by atoms with van der Waals surface area (Å²) in [5, 5.41) is 11.9. The minimum absolute atomic E-state index is 0.0198. The molecule has 0 spiro atoms. The maximum absolute atomic E-state index is 12.1. The summed E-state index contributed by atoms with van der Waals surface area (Å²) in [6.45, 7) is 2.80. The number of carbonyl (C=O) groups excluding carboxylic acids is 1. The SMILES string of the molecule is CCc1ccccc1-n1cnnc1SCC(=O)NCCCc1ccccc1. The van der Waals surface area contributed by atoms with Crippen LogP contribution in [-0.2, 0) is 17.6 Å². The molecule has 0 aliphatic carbocycles. The van der Waals surface area contributed by atoms with E-state index in [0.29, 0.717) is 12.3 Å². The van der Waals surface area contributed by atoms with Crippen LogP contribution in [0.25, 0.3) is 5.69 Å². The monoisotopic (exact) mass is 380 g/mol. The average Bonchev–Trinajstić information content (AvgIpc) is 3.19. The fourth-order valence-electron chi connectivity index (χ4n) is 2.88. The molecular formula is C21H24N4OS. The second-order valence-electron chi connectivity index (χ2n) is 6.19. The van der Waals surface area contributed by atoms with Crippen molar-refractivity contribution in [2.45, 2.75) is 31.3 Å². The van der Waals surface area contributed by atoms with E-state index < -0.39 is 0 Å². The molecule has 27 heavy (non-hydrogen) atoms. The van der Waals surface area contributed by atoms with Gasteiger partial charge in [0, 0.05) is 6.54 Å². The van der Waals surface area contributed by atoms with Gasteiger partial charge in [-0.1, -0.05) is 67.2 Å². The third kappa shape index (κ3) is 5.44. The molecule has 0 atom stereocenters. The zero-order valence-corrected chi connectivity index (χ0v) is 16.3. The standard InChI is InChI=1S/C21H24N4OS/c1-2-18-12-6-7-13-19(18)25-16-23-24-21(25)27-15-20(26)22-14-8-11-17-9-4-3-5-10-17/h3-7,9-10,12-13,16H,2,8,11,14-15H2,1H3,(H,22,26). The number of amides is 1. The molecule has 5 nitrogen and oxygen atoms in total. The molecule has 0 bridgehead atoms. The number of thioether (sulfide) groups is 1. The lowest BCUT2D eigenvalue weighted by atomic mass is 10.1. The Bertz CT molecular complexity index is 863. The first-order valence-electron chi connectivity index (χ1n) is 9.19. The van der Waals surface area contributed by atoms with Crippen LogP contribution in [0, 0.1) is 0 Å². The third-order valence-electron chi connectivity index (χ3n) is 4.29. The quantitative estimate of drug-likeness (QED) is 0.454. The maximum Gasteiger partial charge on any atom is 0.230 e. The largest absolute Gasteiger partial charge is 0.355 e. The van der Waals surface area contributed by atoms with Gasteiger partial charge < -0.3 is 5.32 Å². The highest BCUT2D eigenvalue weighted by Gasteiger charge is 2.12. The van der Waals surface area contributed by atoms with Gasteiger partial charge in [0.05, 0.1) is 11.4 Å². The molecule has 0 saturated carbocycles. The number of aromatic nitrogens is 3. The van der Waals surface area contributed by atoms with E-state index in [2.05, 4.69) is 46.7 Å². The number of hydrogen-bond donors (Lipinski definition) is 1. The minimum Gasteiger partial charge on any atom is -0.355 e. The highest BCUT2D eigenvalue weighted by atomic mass is 32.2. The number of rotatable bonds is 9. The summed E-state index contributed by atoms with van der Waals surface area (Å²) in [7, 11) is 0. The van der Waals surface area contributed by atoms with Crippen LogP contribution in [0.4, 0.5) is 0 Å². The highest BCUT2D eigenvalue weighted by molar-refractivity contribution is 7.99. The smallest absolute Gasteiger partial charge is 0.230 e. The Hall–Kier alpha value is -2.60. The molecule has 1 amide bonds. The first-order chi connectivity index (χ1) is 13.3. The fraction of sp³-hybridized carbons (Fsp3) is 0.286. The van der Waals surface area contributed by atoms with E-state index in [1.54, 1.807) is 6.33 Å². The number of nitrogens with zero attached hydrogens (tertiary/aromatic N) is 3. The van der Waals surface area contributed by atoms with Crippen LogP contribution in [0.15, 0.2) is 66.1 Å². The molecule has 0 aliphatic heterocycles. The molecule has 0 saturated heterocycles. The third-order valence-corrected chi connectivity index (χ3v) is 5.23. The molecule has 0 unspecified atom stereocenters. The highest BCUT2D eigenvalue weighted by Crippen LogP contribution is 2.22. The second kappa shape index (κ2) is 9.92. The van der Waals surface area contributed by atoms with Gasteiger partial charge in [-0.2, -0.15) is 0 Å². The van der Waals surface area contributed by atoms with Crippen molar-refractivity contribution >= 4 is 17.7 Å². The normalized spacial score (nSPS) is 10.7. The summed E-state index contributed by atoms with van der Waals surface area (Å²) in [6, 6.07) is 18.5. The van der Waals surface area contributed by atoms with Crippen LogP contribution in [0.5, 0.6) is 0 Å². The Balaban J connectivity index is 1.48. The van der Waals surface area contributed by atoms with Gasteiger partial charge in [0.1, 0.15) is 6.33 Å². The predicted molar refractivity (Wildman–Crippen MR) is 109 cm³/mol. The lowest BCUT2D eigenvalue weighted by Crippen LogP contribution is -2.26. The number of hydrogen-bond acceptors (Lipinski definition) is 4. The summed E-state index contributed by atoms with van der Waals surface area (Å²) < 4.78 is 1.95. The van der Waals surface area contributed by atoms with Gasteiger partial charge in [-0.3, -0.25) is 9.36 Å². The van der Waals surface area contributed by atoms with Crippen molar-refractivity contribution in [3.63, 3.8) is 0 Å². The molecule has 0 radical (unpaired) electrons. The number of nitrogens with one attached hydrogen (secondary N) is 1. The number of aryl methyl sites for hydroxylation is 2. The van der Waals surface area contributed by atoms with Crippen molar-refractivity contribution in [1.82, 2.24) is 20.1 Å². The zero-order valence-electron chi connectivity index (χ0n) is 15.5. The van der Waals surface area contributed by atoms with Gasteiger partial charge in [0.15, 0.2) is 5.16 Å². The molecule has 3 rings (SSSR count). The maximum atomic E-state index is 12.1. The number of para-hydroxylation sites is 1. The van der Waals surface area contributed by atoms with Gasteiger partial charge in [-0.15, -0.1) is 10.2 Å². The van der Waals surface area contributed by atoms with Crippen LogP contribution >= 0.6 is 11.8 Å². The molecule has 1 N–H and O–H groups in total. The molecule has 3 aromatic rings. The van der Waals surface area contributed by atoms with Crippen molar-refractivity contribution in [2.75, 3.05) is 12.3 Å². The van der Waals surface area contributed by atoms with Crippen LogP contribution in [-0.4, -0.2) is 33.0 Å². The van der Waals surface area contributed by atoms with Crippen molar-refractivity contribution in [2.24, 2.45) is 0 Å². The van der Waals surface area contributed by atoms with Crippen molar-refractivity contribution in [3.8, 4) is 5.69 Å². The first kappa shape index (κ1) is 19.2. The molecule has 2 aromatic carbocycles. The Morgan fingerprint density at radius 1 is 1.11 bits per heavy atom. The Labute approximate surface area is 164 Å². The van der Waals surface area contributed by atoms with E-state index in [1.165, 1.54) is 22.9 Å². The van der Waals surface area contributed by atoms with E-state index in [0.717, 1.165) is 30.1 Å². The molecule has 1 aromatic heterocycles. The van der Waals surface area contributed by atoms with Crippen LogP contribution in [0.1, 0.15) is 24.5 Å². The van der Waals surface area contributed by atoms with Gasteiger partial charge in [-0.25, -0.2) is 0 Å². The van der Waals surface area contributed by atoms with E-state index >= 15 is 0 Å². The van der Waals surface area contributed by atoms with Gasteiger partial charge >= 0.3 is 0 Å². The zero-order chi connectivity index (χ0) is 18.9. The molecular weight excluding hydrogens is 356 g/mol. The van der Waals surface area contributed by atoms with Gasteiger partial charge in [-0.05, 0) is 36.5 Å². The second-order valence-corrected chi connectivity index (χ2v) is 7.14. The summed E-state index contributed by atoms with van der Waals surface area (Å²) in [4.78, 5) is 12.1. The molecule has 0 fully saturated rings. The molecule has 1 heterocycles. The van der Waals surface area contributed by atoms with E-state index in [4.69, 9.17) is 0 Å². The lowest BCUT2D eigenvalue weighted by Gasteiger charge is -2.10. The fourth-order valence-corrected chi connectivity index (χ4v) is 3.63. The predicted octanol–water partition coefficient (Wildman–Crippen LogP) is 3.67. The Kier molecular flexibility index (Phi) is 7.04. The van der Waals surface area contributed by atoms with E-state index in [9.17, 15) is 4.79 Å². The van der Waals surface area contributed by atoms with Crippen LogP contribution in [0.3, 0.4) is 0 Å². The van der Waals surface area contributed by atoms with Crippen molar-refractivity contribution < 1.29 is 4.79 Å². The summed E-state index contributed by atoms with van der Waals surface area (Å²) in [6.07, 6.45) is 4.53. The van der Waals surface area contributed by atoms with Crippen molar-refractivity contribution in [1.29, 1.82) is 0 Å². The number of benzene rings is 2. The lowest BCUT2D eigenvalue weighted by molar-refractivity contribution is -0.118. The minimum atomic E-state index is 0.0198. The van der Waals surface area contributed by atoms with Crippen molar-refractivity contribution in [3.05, 3.63) is 72.1 Å².